The number of alkyl halides is 1. The van der Waals surface area contributed by atoms with Gasteiger partial charge in [-0.05, 0) is 31.5 Å². The van der Waals surface area contributed by atoms with E-state index in [0.717, 1.165) is 33.9 Å². The summed E-state index contributed by atoms with van der Waals surface area (Å²) in [6, 6.07) is 6.19. The standard InChI is InChI=1S/C18H17BrN4O2/c1-3-25-18(24)17-16-7-14-12(8-19)9-21-23(14)15-6-11(2)4-5-13(15)22(16)10-20-17/h4-6,9-10H,3,7-8H2,1-2H3. The molecule has 128 valence electrons. The number of hydrogen-bond acceptors (Lipinski definition) is 4. The second kappa shape index (κ2) is 6.15. The van der Waals surface area contributed by atoms with Crippen molar-refractivity contribution in [3.8, 4) is 11.4 Å². The van der Waals surface area contributed by atoms with E-state index in [1.165, 1.54) is 0 Å². The molecule has 0 N–H and O–H groups in total. The van der Waals surface area contributed by atoms with Gasteiger partial charge in [-0.15, -0.1) is 0 Å². The summed E-state index contributed by atoms with van der Waals surface area (Å²) < 4.78 is 9.10. The molecular formula is C18H17BrN4O2. The molecule has 1 aromatic carbocycles. The third-order valence-corrected chi connectivity index (χ3v) is 4.99. The van der Waals surface area contributed by atoms with Crippen molar-refractivity contribution in [1.82, 2.24) is 19.3 Å². The molecule has 6 nitrogen and oxygen atoms in total. The Morgan fingerprint density at radius 2 is 2.16 bits per heavy atom. The first kappa shape index (κ1) is 16.1. The van der Waals surface area contributed by atoms with Crippen LogP contribution < -0.4 is 0 Å². The first-order valence-electron chi connectivity index (χ1n) is 8.10. The van der Waals surface area contributed by atoms with Crippen molar-refractivity contribution in [2.45, 2.75) is 25.6 Å². The predicted molar refractivity (Wildman–Crippen MR) is 96.8 cm³/mol. The lowest BCUT2D eigenvalue weighted by Crippen LogP contribution is -2.10. The zero-order chi connectivity index (χ0) is 17.6. The minimum absolute atomic E-state index is 0.325. The Balaban J connectivity index is 1.99. The van der Waals surface area contributed by atoms with Gasteiger partial charge in [0.1, 0.15) is 6.33 Å². The normalized spacial score (nSPS) is 12.1. The average Bonchev–Trinajstić information content (AvgIpc) is 3.17. The van der Waals surface area contributed by atoms with Crippen LogP contribution in [0.15, 0.2) is 30.7 Å². The van der Waals surface area contributed by atoms with Crippen LogP contribution in [0.3, 0.4) is 0 Å². The van der Waals surface area contributed by atoms with Gasteiger partial charge in [-0.25, -0.2) is 14.5 Å². The first-order valence-corrected chi connectivity index (χ1v) is 9.22. The summed E-state index contributed by atoms with van der Waals surface area (Å²) in [5.74, 6) is -0.390. The molecule has 0 fully saturated rings. The Bertz CT molecular complexity index is 974. The molecule has 4 rings (SSSR count). The monoisotopic (exact) mass is 400 g/mol. The van der Waals surface area contributed by atoms with Crippen molar-refractivity contribution in [2.75, 3.05) is 6.61 Å². The summed E-state index contributed by atoms with van der Waals surface area (Å²) in [5.41, 5.74) is 6.41. The summed E-state index contributed by atoms with van der Waals surface area (Å²) in [5, 5.41) is 5.28. The Labute approximate surface area is 153 Å². The van der Waals surface area contributed by atoms with E-state index in [2.05, 4.69) is 39.0 Å². The summed E-state index contributed by atoms with van der Waals surface area (Å²) in [6.07, 6.45) is 4.12. The molecule has 3 heterocycles. The molecular weight excluding hydrogens is 384 g/mol. The van der Waals surface area contributed by atoms with Gasteiger partial charge in [0.25, 0.3) is 0 Å². The molecule has 0 bridgehead atoms. The molecule has 1 aliphatic heterocycles. The molecule has 2 aromatic heterocycles. The maximum absolute atomic E-state index is 12.3. The van der Waals surface area contributed by atoms with Crippen LogP contribution in [0, 0.1) is 6.92 Å². The van der Waals surface area contributed by atoms with Crippen molar-refractivity contribution in [3.63, 3.8) is 0 Å². The molecule has 0 unspecified atom stereocenters. The van der Waals surface area contributed by atoms with Gasteiger partial charge in [0.05, 0.1) is 35.6 Å². The molecule has 7 heteroatoms. The molecule has 3 aromatic rings. The summed E-state index contributed by atoms with van der Waals surface area (Å²) >= 11 is 3.53. The molecule has 0 saturated carbocycles. The molecule has 0 spiro atoms. The van der Waals surface area contributed by atoms with Gasteiger partial charge in [-0.1, -0.05) is 22.0 Å². The summed E-state index contributed by atoms with van der Waals surface area (Å²) in [7, 11) is 0. The van der Waals surface area contributed by atoms with Crippen LogP contribution in [0.5, 0.6) is 0 Å². The second-order valence-electron chi connectivity index (χ2n) is 5.96. The third-order valence-electron chi connectivity index (χ3n) is 4.39. The predicted octanol–water partition coefficient (Wildman–Crippen LogP) is 3.34. The van der Waals surface area contributed by atoms with E-state index in [4.69, 9.17) is 4.74 Å². The lowest BCUT2D eigenvalue weighted by molar-refractivity contribution is 0.0519. The molecule has 0 aliphatic carbocycles. The largest absolute Gasteiger partial charge is 0.461 e. The van der Waals surface area contributed by atoms with E-state index >= 15 is 0 Å². The van der Waals surface area contributed by atoms with Crippen LogP contribution in [-0.2, 0) is 16.5 Å². The van der Waals surface area contributed by atoms with E-state index in [9.17, 15) is 4.79 Å². The van der Waals surface area contributed by atoms with Crippen LogP contribution in [0.4, 0.5) is 0 Å². The Morgan fingerprint density at radius 1 is 1.32 bits per heavy atom. The van der Waals surface area contributed by atoms with E-state index in [-0.39, 0.29) is 0 Å². The first-order chi connectivity index (χ1) is 12.1. The highest BCUT2D eigenvalue weighted by atomic mass is 79.9. The number of fused-ring (bicyclic) bond motifs is 5. The van der Waals surface area contributed by atoms with E-state index in [1.54, 1.807) is 13.3 Å². The smallest absolute Gasteiger partial charge is 0.358 e. The fraction of sp³-hybridized carbons (Fsp3) is 0.278. The third kappa shape index (κ3) is 2.50. The molecule has 0 radical (unpaired) electrons. The number of benzene rings is 1. The van der Waals surface area contributed by atoms with Gasteiger partial charge < -0.3 is 4.74 Å². The number of rotatable bonds is 3. The number of carbonyl (C=O) groups excluding carboxylic acids is 1. The van der Waals surface area contributed by atoms with Crippen LogP contribution in [0.2, 0.25) is 0 Å². The highest BCUT2D eigenvalue weighted by Gasteiger charge is 2.27. The van der Waals surface area contributed by atoms with Crippen molar-refractivity contribution >= 4 is 21.9 Å². The SMILES string of the molecule is CCOC(=O)c1ncn2c1Cc1c(CBr)cnn1-c1cc(C)ccc1-2. The Kier molecular flexibility index (Phi) is 3.95. The van der Waals surface area contributed by atoms with Crippen molar-refractivity contribution in [1.29, 1.82) is 0 Å². The Morgan fingerprint density at radius 3 is 2.92 bits per heavy atom. The number of nitrogens with zero attached hydrogens (tertiary/aromatic N) is 4. The minimum atomic E-state index is -0.390. The number of halogens is 1. The number of esters is 1. The number of carbonyl (C=O) groups is 1. The van der Waals surface area contributed by atoms with Crippen molar-refractivity contribution < 1.29 is 9.53 Å². The lowest BCUT2D eigenvalue weighted by atomic mass is 10.1. The van der Waals surface area contributed by atoms with E-state index in [1.807, 2.05) is 27.6 Å². The summed E-state index contributed by atoms with van der Waals surface area (Å²) in [6.45, 7) is 4.17. The summed E-state index contributed by atoms with van der Waals surface area (Å²) in [4.78, 5) is 16.7. The van der Waals surface area contributed by atoms with Gasteiger partial charge in [-0.3, -0.25) is 4.57 Å². The molecule has 0 saturated heterocycles. The van der Waals surface area contributed by atoms with Gasteiger partial charge in [0.2, 0.25) is 0 Å². The number of hydrogen-bond donors (Lipinski definition) is 0. The van der Waals surface area contributed by atoms with E-state index < -0.39 is 5.97 Å². The zero-order valence-corrected chi connectivity index (χ0v) is 15.6. The van der Waals surface area contributed by atoms with Gasteiger partial charge >= 0.3 is 5.97 Å². The quantitative estimate of drug-likeness (QED) is 0.390. The topological polar surface area (TPSA) is 61.9 Å². The zero-order valence-electron chi connectivity index (χ0n) is 14.0. The van der Waals surface area contributed by atoms with E-state index in [0.29, 0.717) is 24.1 Å². The van der Waals surface area contributed by atoms with Crippen LogP contribution >= 0.6 is 15.9 Å². The maximum atomic E-state index is 12.3. The minimum Gasteiger partial charge on any atom is -0.461 e. The van der Waals surface area contributed by atoms with Gasteiger partial charge in [0, 0.05) is 17.3 Å². The van der Waals surface area contributed by atoms with Gasteiger partial charge in [0.15, 0.2) is 5.69 Å². The van der Waals surface area contributed by atoms with Crippen molar-refractivity contribution in [3.05, 3.63) is 58.9 Å². The molecule has 0 atom stereocenters. The van der Waals surface area contributed by atoms with Crippen LogP contribution in [0.1, 0.15) is 39.9 Å². The second-order valence-corrected chi connectivity index (χ2v) is 6.52. The number of aromatic nitrogens is 4. The lowest BCUT2D eigenvalue weighted by Gasteiger charge is -2.11. The fourth-order valence-electron chi connectivity index (χ4n) is 3.20. The van der Waals surface area contributed by atoms with Crippen molar-refractivity contribution in [2.24, 2.45) is 0 Å². The molecule has 25 heavy (non-hydrogen) atoms. The highest BCUT2D eigenvalue weighted by Crippen LogP contribution is 2.31. The highest BCUT2D eigenvalue weighted by molar-refractivity contribution is 9.08. The molecule has 1 aliphatic rings. The number of ether oxygens (including phenoxy) is 1. The fourth-order valence-corrected chi connectivity index (χ4v) is 3.67. The van der Waals surface area contributed by atoms with Crippen LogP contribution in [-0.4, -0.2) is 31.9 Å². The number of imidazole rings is 1. The molecule has 0 amide bonds. The number of aryl methyl sites for hydroxylation is 1. The average molecular weight is 401 g/mol. The Hall–Kier alpha value is -2.41. The van der Waals surface area contributed by atoms with Gasteiger partial charge in [-0.2, -0.15) is 5.10 Å². The van der Waals surface area contributed by atoms with Crippen LogP contribution in [0.25, 0.3) is 11.4 Å². The maximum Gasteiger partial charge on any atom is 0.358 e.